The fourth-order valence-electron chi connectivity index (χ4n) is 3.95. The van der Waals surface area contributed by atoms with E-state index in [1.807, 2.05) is 0 Å². The summed E-state index contributed by atoms with van der Waals surface area (Å²) in [4.78, 5) is 27.3. The number of hydrogen-bond donors (Lipinski definition) is 0. The number of hydrogen-bond acceptors (Lipinski definition) is 4. The molecule has 1 spiro atoms. The first kappa shape index (κ1) is 19.7. The van der Waals surface area contributed by atoms with Crippen LogP contribution in [0, 0.1) is 5.41 Å². The summed E-state index contributed by atoms with van der Waals surface area (Å²) in [5.41, 5.74) is 0.289. The van der Waals surface area contributed by atoms with Crippen molar-refractivity contribution in [2.24, 2.45) is 5.41 Å². The van der Waals surface area contributed by atoms with Gasteiger partial charge in [0.15, 0.2) is 0 Å². The molecule has 148 valence electrons. The van der Waals surface area contributed by atoms with E-state index in [1.165, 1.54) is 19.2 Å². The van der Waals surface area contributed by atoms with Crippen molar-refractivity contribution in [2.45, 2.75) is 32.0 Å². The van der Waals surface area contributed by atoms with Crippen molar-refractivity contribution in [1.29, 1.82) is 0 Å². The Balaban J connectivity index is 1.45. The van der Waals surface area contributed by atoms with Gasteiger partial charge in [0, 0.05) is 44.6 Å². The number of amides is 1. The molecule has 2 heterocycles. The number of esters is 1. The highest BCUT2D eigenvalue weighted by Gasteiger charge is 2.48. The van der Waals surface area contributed by atoms with E-state index in [2.05, 4.69) is 9.64 Å². The van der Waals surface area contributed by atoms with Crippen LogP contribution in [-0.4, -0.2) is 55.0 Å². The molecule has 2 aliphatic heterocycles. The summed E-state index contributed by atoms with van der Waals surface area (Å²) in [6, 6.07) is 5.26. The standard InChI is InChI=1S/C19H23F3N2O3/c1-27-17(26)7-6-16(25)24-9-8-18(13-24)11-23(12-18)10-14-2-4-15(5-3-14)19(20,21)22/h2-5H,6-13H2,1H3. The molecule has 0 N–H and O–H groups in total. The van der Waals surface area contributed by atoms with E-state index in [1.54, 1.807) is 4.90 Å². The fourth-order valence-corrected chi connectivity index (χ4v) is 3.95. The van der Waals surface area contributed by atoms with Gasteiger partial charge in [-0.1, -0.05) is 12.1 Å². The van der Waals surface area contributed by atoms with E-state index < -0.39 is 11.7 Å². The number of benzene rings is 1. The number of rotatable bonds is 5. The van der Waals surface area contributed by atoms with Gasteiger partial charge in [0.1, 0.15) is 0 Å². The van der Waals surface area contributed by atoms with E-state index in [-0.39, 0.29) is 30.1 Å². The molecule has 0 aliphatic carbocycles. The third-order valence-corrected chi connectivity index (χ3v) is 5.37. The van der Waals surface area contributed by atoms with Gasteiger partial charge in [-0.3, -0.25) is 14.5 Å². The van der Waals surface area contributed by atoms with Crippen LogP contribution in [0.25, 0.3) is 0 Å². The number of likely N-dealkylation sites (tertiary alicyclic amines) is 2. The molecule has 2 saturated heterocycles. The largest absolute Gasteiger partial charge is 0.469 e. The number of alkyl halides is 3. The maximum atomic E-state index is 12.6. The third-order valence-electron chi connectivity index (χ3n) is 5.37. The molecule has 2 aliphatic rings. The Bertz CT molecular complexity index is 697. The summed E-state index contributed by atoms with van der Waals surface area (Å²) in [5.74, 6) is -0.415. The van der Waals surface area contributed by atoms with Crippen molar-refractivity contribution in [3.8, 4) is 0 Å². The van der Waals surface area contributed by atoms with E-state index >= 15 is 0 Å². The highest BCUT2D eigenvalue weighted by molar-refractivity contribution is 5.81. The van der Waals surface area contributed by atoms with Crippen LogP contribution in [0.2, 0.25) is 0 Å². The molecule has 27 heavy (non-hydrogen) atoms. The normalized spacial score (nSPS) is 19.2. The van der Waals surface area contributed by atoms with Gasteiger partial charge in [-0.15, -0.1) is 0 Å². The Morgan fingerprint density at radius 2 is 1.78 bits per heavy atom. The number of methoxy groups -OCH3 is 1. The minimum atomic E-state index is -4.31. The summed E-state index contributed by atoms with van der Waals surface area (Å²) in [7, 11) is 1.30. The van der Waals surface area contributed by atoms with Gasteiger partial charge in [0.2, 0.25) is 5.91 Å². The molecule has 8 heteroatoms. The maximum Gasteiger partial charge on any atom is 0.416 e. The highest BCUT2D eigenvalue weighted by Crippen LogP contribution is 2.40. The second-order valence-electron chi connectivity index (χ2n) is 7.48. The third kappa shape index (κ3) is 4.61. The molecule has 0 aromatic heterocycles. The van der Waals surface area contributed by atoms with Gasteiger partial charge in [-0.25, -0.2) is 0 Å². The molecular weight excluding hydrogens is 361 g/mol. The fraction of sp³-hybridized carbons (Fsp3) is 0.579. The molecule has 0 bridgehead atoms. The molecule has 1 amide bonds. The van der Waals surface area contributed by atoms with Gasteiger partial charge in [-0.05, 0) is 24.1 Å². The zero-order valence-corrected chi connectivity index (χ0v) is 15.2. The SMILES string of the molecule is COC(=O)CCC(=O)N1CCC2(CN(Cc3ccc(C(F)(F)F)cc3)C2)C1. The maximum absolute atomic E-state index is 12.6. The molecule has 1 aromatic carbocycles. The predicted octanol–water partition coefficient (Wildman–Crippen LogP) is 2.69. The van der Waals surface area contributed by atoms with Crippen LogP contribution in [-0.2, 0) is 27.0 Å². The molecule has 1 aromatic rings. The van der Waals surface area contributed by atoms with Crippen LogP contribution in [0.1, 0.15) is 30.4 Å². The van der Waals surface area contributed by atoms with Crippen LogP contribution in [0.4, 0.5) is 13.2 Å². The molecule has 0 unspecified atom stereocenters. The summed E-state index contributed by atoms with van der Waals surface area (Å²) >= 11 is 0. The van der Waals surface area contributed by atoms with Crippen molar-refractivity contribution in [1.82, 2.24) is 9.80 Å². The van der Waals surface area contributed by atoms with Crippen LogP contribution < -0.4 is 0 Å². The zero-order chi connectivity index (χ0) is 19.7. The van der Waals surface area contributed by atoms with Crippen molar-refractivity contribution >= 4 is 11.9 Å². The van der Waals surface area contributed by atoms with Crippen molar-refractivity contribution in [3.63, 3.8) is 0 Å². The Kier molecular flexibility index (Phi) is 5.46. The lowest BCUT2D eigenvalue weighted by Crippen LogP contribution is -2.57. The number of ether oxygens (including phenoxy) is 1. The number of carbonyl (C=O) groups excluding carboxylic acids is 2. The Labute approximate surface area is 156 Å². The Hall–Kier alpha value is -2.09. The smallest absolute Gasteiger partial charge is 0.416 e. The Morgan fingerprint density at radius 3 is 2.37 bits per heavy atom. The van der Waals surface area contributed by atoms with Crippen molar-refractivity contribution in [2.75, 3.05) is 33.3 Å². The van der Waals surface area contributed by atoms with Crippen LogP contribution in [0.3, 0.4) is 0 Å². The summed E-state index contributed by atoms with van der Waals surface area (Å²) in [5, 5.41) is 0. The van der Waals surface area contributed by atoms with Crippen molar-refractivity contribution < 1.29 is 27.5 Å². The molecule has 0 saturated carbocycles. The molecule has 5 nitrogen and oxygen atoms in total. The summed E-state index contributed by atoms with van der Waals surface area (Å²) in [6.45, 7) is 3.63. The van der Waals surface area contributed by atoms with E-state index in [9.17, 15) is 22.8 Å². The van der Waals surface area contributed by atoms with Crippen molar-refractivity contribution in [3.05, 3.63) is 35.4 Å². The molecule has 0 atom stereocenters. The lowest BCUT2D eigenvalue weighted by atomic mass is 9.79. The molecular formula is C19H23F3N2O3. The van der Waals surface area contributed by atoms with Gasteiger partial charge < -0.3 is 9.64 Å². The average molecular weight is 384 g/mol. The van der Waals surface area contributed by atoms with E-state index in [0.29, 0.717) is 19.6 Å². The van der Waals surface area contributed by atoms with E-state index in [4.69, 9.17) is 0 Å². The minimum absolute atomic E-state index is 0.0292. The lowest BCUT2D eigenvalue weighted by molar-refractivity contribution is -0.143. The summed E-state index contributed by atoms with van der Waals surface area (Å²) < 4.78 is 42.4. The topological polar surface area (TPSA) is 49.9 Å². The molecule has 3 rings (SSSR count). The van der Waals surface area contributed by atoms with Crippen LogP contribution >= 0.6 is 0 Å². The monoisotopic (exact) mass is 384 g/mol. The second-order valence-corrected chi connectivity index (χ2v) is 7.48. The van der Waals surface area contributed by atoms with Gasteiger partial charge >= 0.3 is 12.1 Å². The minimum Gasteiger partial charge on any atom is -0.469 e. The average Bonchev–Trinajstić information content (AvgIpc) is 3.04. The number of nitrogens with zero attached hydrogens (tertiary/aromatic N) is 2. The first-order chi connectivity index (χ1) is 12.7. The number of halogens is 3. The summed E-state index contributed by atoms with van der Waals surface area (Å²) in [6.07, 6.45) is -3.13. The predicted molar refractivity (Wildman–Crippen MR) is 91.6 cm³/mol. The van der Waals surface area contributed by atoms with Gasteiger partial charge in [0.05, 0.1) is 19.1 Å². The second kappa shape index (κ2) is 7.50. The van der Waals surface area contributed by atoms with Crippen LogP contribution in [0.5, 0.6) is 0 Å². The molecule has 0 radical (unpaired) electrons. The first-order valence-electron chi connectivity index (χ1n) is 8.94. The van der Waals surface area contributed by atoms with Gasteiger partial charge in [-0.2, -0.15) is 13.2 Å². The van der Waals surface area contributed by atoms with E-state index in [0.717, 1.165) is 37.2 Å². The highest BCUT2D eigenvalue weighted by atomic mass is 19.4. The quantitative estimate of drug-likeness (QED) is 0.733. The zero-order valence-electron chi connectivity index (χ0n) is 15.2. The Morgan fingerprint density at radius 1 is 1.11 bits per heavy atom. The lowest BCUT2D eigenvalue weighted by Gasteiger charge is -2.48. The van der Waals surface area contributed by atoms with Gasteiger partial charge in [0.25, 0.3) is 0 Å². The number of carbonyl (C=O) groups is 2. The van der Waals surface area contributed by atoms with Crippen LogP contribution in [0.15, 0.2) is 24.3 Å². The molecule has 2 fully saturated rings. The first-order valence-corrected chi connectivity index (χ1v) is 8.94.